The van der Waals surface area contributed by atoms with E-state index in [1.807, 2.05) is 6.20 Å². The number of rotatable bonds is 2. The highest BCUT2D eigenvalue weighted by Crippen LogP contribution is 2.26. The molecule has 0 spiro atoms. The normalized spacial score (nSPS) is 16.8. The summed E-state index contributed by atoms with van der Waals surface area (Å²) in [4.78, 5) is 25.7. The predicted molar refractivity (Wildman–Crippen MR) is 105 cm³/mol. The molecule has 2 amide bonds. The molecule has 2 aromatic rings. The van der Waals surface area contributed by atoms with Gasteiger partial charge in [-0.05, 0) is 30.2 Å². The zero-order valence-electron chi connectivity index (χ0n) is 14.6. The molecule has 2 aliphatic heterocycles. The standard InChI is InChI=1S/C18H19Cl2N5O2/c19-14-2-1-13(9-15(14)20)22-18(26)25-4-3-12-10-21-17(23-16(12)11-25)24-5-7-27-8-6-24/h1-2,9-10H,3-8,11H2,(H,22,26). The van der Waals surface area contributed by atoms with Gasteiger partial charge in [0.1, 0.15) is 0 Å². The summed E-state index contributed by atoms with van der Waals surface area (Å²) < 4.78 is 5.38. The third-order valence-corrected chi connectivity index (χ3v) is 5.42. The highest BCUT2D eigenvalue weighted by molar-refractivity contribution is 6.42. The van der Waals surface area contributed by atoms with Gasteiger partial charge in [-0.15, -0.1) is 0 Å². The van der Waals surface area contributed by atoms with Gasteiger partial charge < -0.3 is 19.9 Å². The minimum Gasteiger partial charge on any atom is -0.378 e. The number of benzene rings is 1. The first-order chi connectivity index (χ1) is 13.1. The van der Waals surface area contributed by atoms with Gasteiger partial charge in [0.15, 0.2) is 0 Å². The number of amides is 2. The molecule has 0 bridgehead atoms. The minimum atomic E-state index is -0.189. The first kappa shape index (κ1) is 18.3. The lowest BCUT2D eigenvalue weighted by atomic mass is 10.1. The van der Waals surface area contributed by atoms with Gasteiger partial charge >= 0.3 is 6.03 Å². The number of hydrogen-bond donors (Lipinski definition) is 1. The van der Waals surface area contributed by atoms with Crippen molar-refractivity contribution in [3.05, 3.63) is 45.7 Å². The molecule has 142 valence electrons. The first-order valence-electron chi connectivity index (χ1n) is 8.78. The fraction of sp³-hybridized carbons (Fsp3) is 0.389. The number of nitrogens with zero attached hydrogens (tertiary/aromatic N) is 4. The number of nitrogens with one attached hydrogen (secondary N) is 1. The van der Waals surface area contributed by atoms with Crippen LogP contribution in [-0.4, -0.2) is 53.7 Å². The van der Waals surface area contributed by atoms with Crippen LogP contribution >= 0.6 is 23.2 Å². The Morgan fingerprint density at radius 2 is 1.96 bits per heavy atom. The fourth-order valence-electron chi connectivity index (χ4n) is 3.16. The van der Waals surface area contributed by atoms with Crippen molar-refractivity contribution >= 4 is 40.9 Å². The van der Waals surface area contributed by atoms with Gasteiger partial charge in [0, 0.05) is 31.5 Å². The van der Waals surface area contributed by atoms with Gasteiger partial charge in [-0.1, -0.05) is 23.2 Å². The average Bonchev–Trinajstić information content (AvgIpc) is 2.70. The van der Waals surface area contributed by atoms with Crippen molar-refractivity contribution < 1.29 is 9.53 Å². The van der Waals surface area contributed by atoms with Crippen LogP contribution in [0, 0.1) is 0 Å². The summed E-state index contributed by atoms with van der Waals surface area (Å²) >= 11 is 11.9. The van der Waals surface area contributed by atoms with E-state index in [2.05, 4.69) is 15.2 Å². The van der Waals surface area contributed by atoms with Crippen LogP contribution in [-0.2, 0) is 17.7 Å². The fourth-order valence-corrected chi connectivity index (χ4v) is 3.46. The van der Waals surface area contributed by atoms with E-state index in [9.17, 15) is 4.79 Å². The van der Waals surface area contributed by atoms with E-state index in [0.29, 0.717) is 48.0 Å². The molecule has 0 unspecified atom stereocenters. The number of morpholine rings is 1. The molecule has 0 radical (unpaired) electrons. The maximum absolute atomic E-state index is 12.6. The van der Waals surface area contributed by atoms with Crippen molar-refractivity contribution in [2.24, 2.45) is 0 Å². The van der Waals surface area contributed by atoms with Crippen LogP contribution in [0.3, 0.4) is 0 Å². The summed E-state index contributed by atoms with van der Waals surface area (Å²) in [6, 6.07) is 4.83. The second-order valence-electron chi connectivity index (χ2n) is 6.47. The number of halogens is 2. The highest BCUT2D eigenvalue weighted by atomic mass is 35.5. The summed E-state index contributed by atoms with van der Waals surface area (Å²) in [7, 11) is 0. The number of urea groups is 1. The Bertz CT molecular complexity index is 858. The van der Waals surface area contributed by atoms with E-state index in [-0.39, 0.29) is 6.03 Å². The molecule has 0 saturated carbocycles. The predicted octanol–water partition coefficient (Wildman–Crippen LogP) is 3.21. The van der Waals surface area contributed by atoms with Crippen LogP contribution in [0.25, 0.3) is 0 Å². The van der Waals surface area contributed by atoms with Crippen molar-refractivity contribution in [1.29, 1.82) is 0 Å². The Morgan fingerprint density at radius 3 is 2.74 bits per heavy atom. The van der Waals surface area contributed by atoms with Crippen molar-refractivity contribution in [2.45, 2.75) is 13.0 Å². The third-order valence-electron chi connectivity index (χ3n) is 4.69. The molecule has 1 N–H and O–H groups in total. The average molecular weight is 408 g/mol. The van der Waals surface area contributed by atoms with Crippen LogP contribution < -0.4 is 10.2 Å². The molecular formula is C18H19Cl2N5O2. The van der Waals surface area contributed by atoms with Crippen LogP contribution in [0.4, 0.5) is 16.4 Å². The second kappa shape index (κ2) is 7.88. The summed E-state index contributed by atoms with van der Waals surface area (Å²) in [5, 5.41) is 3.72. The Hall–Kier alpha value is -2.09. The molecule has 3 heterocycles. The summed E-state index contributed by atoms with van der Waals surface area (Å²) in [6.45, 7) is 3.97. The van der Waals surface area contributed by atoms with Crippen LogP contribution in [0.15, 0.2) is 24.4 Å². The minimum absolute atomic E-state index is 0.189. The molecule has 0 aliphatic carbocycles. The maximum Gasteiger partial charge on any atom is 0.322 e. The Labute approximate surface area is 167 Å². The molecule has 1 aromatic heterocycles. The molecule has 27 heavy (non-hydrogen) atoms. The Balaban J connectivity index is 1.46. The second-order valence-corrected chi connectivity index (χ2v) is 7.29. The van der Waals surface area contributed by atoms with Crippen LogP contribution in [0.2, 0.25) is 10.0 Å². The zero-order valence-corrected chi connectivity index (χ0v) is 16.1. The molecular weight excluding hydrogens is 389 g/mol. The molecule has 1 aromatic carbocycles. The molecule has 7 nitrogen and oxygen atoms in total. The Morgan fingerprint density at radius 1 is 1.15 bits per heavy atom. The molecule has 1 fully saturated rings. The number of carbonyl (C=O) groups is 1. The van der Waals surface area contributed by atoms with E-state index in [1.54, 1.807) is 23.1 Å². The lowest BCUT2D eigenvalue weighted by Crippen LogP contribution is -2.40. The molecule has 1 saturated heterocycles. The number of fused-ring (bicyclic) bond motifs is 1. The molecule has 4 rings (SSSR count). The van der Waals surface area contributed by atoms with Gasteiger partial charge in [-0.25, -0.2) is 14.8 Å². The van der Waals surface area contributed by atoms with Gasteiger partial charge in [0.05, 0.1) is 35.5 Å². The smallest absolute Gasteiger partial charge is 0.322 e. The highest BCUT2D eigenvalue weighted by Gasteiger charge is 2.24. The van der Waals surface area contributed by atoms with Crippen LogP contribution in [0.5, 0.6) is 0 Å². The number of hydrogen-bond acceptors (Lipinski definition) is 5. The molecule has 0 atom stereocenters. The number of aromatic nitrogens is 2. The molecule has 2 aliphatic rings. The van der Waals surface area contributed by atoms with E-state index in [0.717, 1.165) is 30.8 Å². The summed E-state index contributed by atoms with van der Waals surface area (Å²) in [5.74, 6) is 0.698. The van der Waals surface area contributed by atoms with E-state index >= 15 is 0 Å². The quantitative estimate of drug-likeness (QED) is 0.827. The lowest BCUT2D eigenvalue weighted by Gasteiger charge is -2.30. The summed E-state index contributed by atoms with van der Waals surface area (Å²) in [6.07, 6.45) is 2.61. The maximum atomic E-state index is 12.6. The topological polar surface area (TPSA) is 70.6 Å². The van der Waals surface area contributed by atoms with Gasteiger partial charge in [0.25, 0.3) is 0 Å². The van der Waals surface area contributed by atoms with E-state index in [1.165, 1.54) is 0 Å². The van der Waals surface area contributed by atoms with Crippen LogP contribution in [0.1, 0.15) is 11.3 Å². The van der Waals surface area contributed by atoms with Gasteiger partial charge in [-0.2, -0.15) is 0 Å². The van der Waals surface area contributed by atoms with Crippen molar-refractivity contribution in [2.75, 3.05) is 43.1 Å². The van der Waals surface area contributed by atoms with Gasteiger partial charge in [-0.3, -0.25) is 0 Å². The van der Waals surface area contributed by atoms with Crippen molar-refractivity contribution in [3.63, 3.8) is 0 Å². The van der Waals surface area contributed by atoms with Gasteiger partial charge in [0.2, 0.25) is 5.95 Å². The first-order valence-corrected chi connectivity index (χ1v) is 9.54. The van der Waals surface area contributed by atoms with E-state index in [4.69, 9.17) is 32.9 Å². The Kier molecular flexibility index (Phi) is 5.33. The number of anilines is 2. The SMILES string of the molecule is O=C(Nc1ccc(Cl)c(Cl)c1)N1CCc2cnc(N3CCOCC3)nc2C1. The monoisotopic (exact) mass is 407 g/mol. The van der Waals surface area contributed by atoms with Crippen molar-refractivity contribution in [1.82, 2.24) is 14.9 Å². The number of carbonyl (C=O) groups excluding carboxylic acids is 1. The largest absolute Gasteiger partial charge is 0.378 e. The number of ether oxygens (including phenoxy) is 1. The third kappa shape index (κ3) is 4.10. The van der Waals surface area contributed by atoms with Crippen molar-refractivity contribution in [3.8, 4) is 0 Å². The van der Waals surface area contributed by atoms with E-state index < -0.39 is 0 Å². The lowest BCUT2D eigenvalue weighted by molar-refractivity contribution is 0.122. The molecule has 9 heteroatoms. The zero-order chi connectivity index (χ0) is 18.8. The summed E-state index contributed by atoms with van der Waals surface area (Å²) in [5.41, 5.74) is 2.59.